The second-order valence-electron chi connectivity index (χ2n) is 5.33. The maximum atomic E-state index is 12.8. The van der Waals surface area contributed by atoms with Gasteiger partial charge in [0.15, 0.2) is 5.52 Å². The van der Waals surface area contributed by atoms with E-state index >= 15 is 0 Å². The molecule has 24 heavy (non-hydrogen) atoms. The second-order valence-corrected chi connectivity index (χ2v) is 5.77. The third kappa shape index (κ3) is 2.47. The molecule has 0 saturated carbocycles. The van der Waals surface area contributed by atoms with Gasteiger partial charge in [0.1, 0.15) is 11.6 Å². The normalized spacial score (nSPS) is 12.4. The minimum absolute atomic E-state index is 0.277. The van der Waals surface area contributed by atoms with Gasteiger partial charge in [-0.2, -0.15) is 9.78 Å². The Balaban J connectivity index is 1.96. The lowest BCUT2D eigenvalue weighted by molar-refractivity contribution is 0.532. The van der Waals surface area contributed by atoms with Crippen LogP contribution in [0.3, 0.4) is 0 Å². The first-order valence-corrected chi connectivity index (χ1v) is 7.71. The van der Waals surface area contributed by atoms with Crippen LogP contribution in [-0.2, 0) is 0 Å². The summed E-state index contributed by atoms with van der Waals surface area (Å²) < 4.78 is 1.36. The Morgan fingerprint density at radius 1 is 1.00 bits per heavy atom. The van der Waals surface area contributed by atoms with Crippen LogP contribution < -0.4 is 5.56 Å². The van der Waals surface area contributed by atoms with Crippen LogP contribution in [0.5, 0.6) is 0 Å². The Morgan fingerprint density at radius 2 is 1.71 bits per heavy atom. The SMILES string of the molecule is O=c1c2[nH]ncc2nnn1[C@H](c1ccccc1)c1ccc(Cl)cc1. The first-order valence-electron chi connectivity index (χ1n) is 7.33. The summed E-state index contributed by atoms with van der Waals surface area (Å²) >= 11 is 5.99. The lowest BCUT2D eigenvalue weighted by Gasteiger charge is -2.19. The van der Waals surface area contributed by atoms with E-state index < -0.39 is 6.04 Å². The molecule has 7 heteroatoms. The van der Waals surface area contributed by atoms with Crippen LogP contribution in [0.1, 0.15) is 17.2 Å². The maximum Gasteiger partial charge on any atom is 0.296 e. The largest absolute Gasteiger partial charge is 0.296 e. The van der Waals surface area contributed by atoms with E-state index in [0.717, 1.165) is 11.1 Å². The summed E-state index contributed by atoms with van der Waals surface area (Å²) in [5.41, 5.74) is 2.32. The van der Waals surface area contributed by atoms with E-state index in [0.29, 0.717) is 16.1 Å². The molecule has 0 aliphatic rings. The van der Waals surface area contributed by atoms with Crippen LogP contribution >= 0.6 is 11.6 Å². The molecule has 0 aliphatic carbocycles. The van der Waals surface area contributed by atoms with Gasteiger partial charge in [0.2, 0.25) is 0 Å². The lowest BCUT2D eigenvalue weighted by atomic mass is 9.99. The first-order chi connectivity index (χ1) is 11.7. The van der Waals surface area contributed by atoms with Crippen LogP contribution in [0.4, 0.5) is 0 Å². The Labute approximate surface area is 141 Å². The molecule has 4 aromatic rings. The maximum absolute atomic E-state index is 12.8. The van der Waals surface area contributed by atoms with Crippen molar-refractivity contribution in [1.82, 2.24) is 25.2 Å². The van der Waals surface area contributed by atoms with Crippen LogP contribution in [0.2, 0.25) is 5.02 Å². The van der Waals surface area contributed by atoms with E-state index in [1.165, 1.54) is 10.9 Å². The molecule has 2 heterocycles. The van der Waals surface area contributed by atoms with E-state index in [1.807, 2.05) is 42.5 Å². The minimum Gasteiger partial charge on any atom is -0.271 e. The van der Waals surface area contributed by atoms with Gasteiger partial charge in [-0.25, -0.2) is 0 Å². The van der Waals surface area contributed by atoms with Crippen LogP contribution in [0, 0.1) is 0 Å². The van der Waals surface area contributed by atoms with Gasteiger partial charge in [0, 0.05) is 5.02 Å². The molecule has 0 radical (unpaired) electrons. The Kier molecular flexibility index (Phi) is 3.59. The third-order valence-corrected chi connectivity index (χ3v) is 4.09. The molecule has 0 bridgehead atoms. The zero-order chi connectivity index (χ0) is 16.5. The van der Waals surface area contributed by atoms with E-state index in [-0.39, 0.29) is 5.56 Å². The lowest BCUT2D eigenvalue weighted by Crippen LogP contribution is -2.30. The predicted molar refractivity (Wildman–Crippen MR) is 91.1 cm³/mol. The van der Waals surface area contributed by atoms with Gasteiger partial charge in [-0.3, -0.25) is 9.89 Å². The fourth-order valence-corrected chi connectivity index (χ4v) is 2.81. The number of halogens is 1. The smallest absolute Gasteiger partial charge is 0.271 e. The molecule has 4 rings (SSSR count). The fraction of sp³-hybridized carbons (Fsp3) is 0.0588. The number of aromatic nitrogens is 5. The van der Waals surface area contributed by atoms with Crippen molar-refractivity contribution in [2.75, 3.05) is 0 Å². The minimum atomic E-state index is -0.406. The molecule has 0 fully saturated rings. The highest BCUT2D eigenvalue weighted by molar-refractivity contribution is 6.30. The summed E-state index contributed by atoms with van der Waals surface area (Å²) in [6.07, 6.45) is 1.48. The number of rotatable bonds is 3. The Hall–Kier alpha value is -2.99. The monoisotopic (exact) mass is 337 g/mol. The predicted octanol–water partition coefficient (Wildman–Crippen LogP) is 2.81. The highest BCUT2D eigenvalue weighted by atomic mass is 35.5. The molecule has 0 aliphatic heterocycles. The van der Waals surface area contributed by atoms with Crippen molar-refractivity contribution in [3.8, 4) is 0 Å². The fourth-order valence-electron chi connectivity index (χ4n) is 2.69. The summed E-state index contributed by atoms with van der Waals surface area (Å²) in [5, 5.41) is 15.4. The molecular formula is C17H12ClN5O. The summed E-state index contributed by atoms with van der Waals surface area (Å²) in [6.45, 7) is 0. The van der Waals surface area contributed by atoms with Crippen molar-refractivity contribution < 1.29 is 0 Å². The van der Waals surface area contributed by atoms with Crippen LogP contribution in [-0.4, -0.2) is 25.2 Å². The van der Waals surface area contributed by atoms with Crippen molar-refractivity contribution in [1.29, 1.82) is 0 Å². The second kappa shape index (κ2) is 5.90. The number of hydrogen-bond acceptors (Lipinski definition) is 4. The molecule has 2 aromatic heterocycles. The van der Waals surface area contributed by atoms with Gasteiger partial charge in [0.25, 0.3) is 5.56 Å². The standard InChI is InChI=1S/C17H12ClN5O/c18-13-8-6-12(7-9-13)16(11-4-2-1-3-5-11)23-17(24)15-14(20-22-23)10-19-21-15/h1-10,16H,(H,19,21)/t16-/m1/s1. The summed E-state index contributed by atoms with van der Waals surface area (Å²) in [5.74, 6) is 0. The van der Waals surface area contributed by atoms with Crippen molar-refractivity contribution in [3.05, 3.63) is 87.3 Å². The van der Waals surface area contributed by atoms with E-state index in [2.05, 4.69) is 20.5 Å². The molecule has 1 N–H and O–H groups in total. The van der Waals surface area contributed by atoms with E-state index in [1.54, 1.807) is 12.1 Å². The van der Waals surface area contributed by atoms with E-state index in [9.17, 15) is 4.79 Å². The van der Waals surface area contributed by atoms with Gasteiger partial charge >= 0.3 is 0 Å². The highest BCUT2D eigenvalue weighted by Crippen LogP contribution is 2.26. The third-order valence-electron chi connectivity index (χ3n) is 3.84. The van der Waals surface area contributed by atoms with Gasteiger partial charge in [-0.1, -0.05) is 59.3 Å². The topological polar surface area (TPSA) is 76.5 Å². The highest BCUT2D eigenvalue weighted by Gasteiger charge is 2.21. The summed E-state index contributed by atoms with van der Waals surface area (Å²) in [4.78, 5) is 12.8. The molecule has 2 aromatic carbocycles. The van der Waals surface area contributed by atoms with E-state index in [4.69, 9.17) is 11.6 Å². The van der Waals surface area contributed by atoms with Crippen LogP contribution in [0.15, 0.2) is 65.6 Å². The molecule has 118 valence electrons. The van der Waals surface area contributed by atoms with Gasteiger partial charge in [-0.05, 0) is 23.3 Å². The number of hydrogen-bond donors (Lipinski definition) is 1. The number of fused-ring (bicyclic) bond motifs is 1. The molecule has 0 amide bonds. The zero-order valence-corrected chi connectivity index (χ0v) is 13.2. The number of nitrogens with zero attached hydrogens (tertiary/aromatic N) is 4. The summed E-state index contributed by atoms with van der Waals surface area (Å²) in [7, 11) is 0. The molecule has 0 unspecified atom stereocenters. The molecular weight excluding hydrogens is 326 g/mol. The quantitative estimate of drug-likeness (QED) is 0.623. The van der Waals surface area contributed by atoms with Gasteiger partial charge < -0.3 is 0 Å². The van der Waals surface area contributed by atoms with Crippen molar-refractivity contribution >= 4 is 22.6 Å². The first kappa shape index (κ1) is 14.6. The number of nitrogens with one attached hydrogen (secondary N) is 1. The number of benzene rings is 2. The van der Waals surface area contributed by atoms with Crippen LogP contribution in [0.25, 0.3) is 11.0 Å². The van der Waals surface area contributed by atoms with Gasteiger partial charge in [0.05, 0.1) is 6.20 Å². The molecule has 0 saturated heterocycles. The van der Waals surface area contributed by atoms with Crippen molar-refractivity contribution in [2.45, 2.75) is 6.04 Å². The van der Waals surface area contributed by atoms with Crippen molar-refractivity contribution in [2.24, 2.45) is 0 Å². The Bertz CT molecular complexity index is 1040. The number of aromatic amines is 1. The zero-order valence-electron chi connectivity index (χ0n) is 12.4. The average Bonchev–Trinajstić information content (AvgIpc) is 3.09. The number of H-pyrrole nitrogens is 1. The molecule has 0 spiro atoms. The van der Waals surface area contributed by atoms with Gasteiger partial charge in [-0.15, -0.1) is 5.10 Å². The Morgan fingerprint density at radius 3 is 2.46 bits per heavy atom. The molecule has 1 atom stereocenters. The average molecular weight is 338 g/mol. The molecule has 6 nitrogen and oxygen atoms in total. The van der Waals surface area contributed by atoms with Crippen molar-refractivity contribution in [3.63, 3.8) is 0 Å². The summed E-state index contributed by atoms with van der Waals surface area (Å²) in [6, 6.07) is 16.6.